The van der Waals surface area contributed by atoms with E-state index in [1.54, 1.807) is 20.0 Å². The molecule has 7 amide bonds. The van der Waals surface area contributed by atoms with Crippen LogP contribution in [0.25, 0.3) is 10.9 Å². The number of rotatable bonds is 28. The number of aliphatic hydroxyl groups excluding tert-OH is 1. The number of aliphatic carboxylic acids is 1. The van der Waals surface area contributed by atoms with Crippen LogP contribution in [0.5, 0.6) is 11.5 Å². The number of hydrogen-bond acceptors (Lipinski definition) is 13. The molecule has 0 spiro atoms. The molecular weight excluding hydrogens is 921 g/mol. The van der Waals surface area contributed by atoms with E-state index in [4.69, 9.17) is 16.6 Å². The normalized spacial score (nSPS) is 14.5. The molecule has 22 nitrogen and oxygen atoms in total. The number of amides is 7. The summed E-state index contributed by atoms with van der Waals surface area (Å²) in [6, 6.07) is 9.57. The van der Waals surface area contributed by atoms with E-state index >= 15 is 0 Å². The Labute approximate surface area is 410 Å². The molecule has 16 N–H and O–H groups in total. The Bertz CT molecular complexity index is 2450. The van der Waals surface area contributed by atoms with Crippen LogP contribution in [0.3, 0.4) is 0 Å². The first-order chi connectivity index (χ1) is 33.8. The summed E-state index contributed by atoms with van der Waals surface area (Å²) in [5.74, 6) is -7.83. The van der Waals surface area contributed by atoms with E-state index in [2.05, 4.69) is 42.2 Å². The van der Waals surface area contributed by atoms with Crippen LogP contribution < -0.4 is 48.7 Å². The van der Waals surface area contributed by atoms with Crippen molar-refractivity contribution in [3.05, 3.63) is 95.7 Å². The van der Waals surface area contributed by atoms with Crippen molar-refractivity contribution in [3.8, 4) is 11.5 Å². The number of aromatic amines is 1. The summed E-state index contributed by atoms with van der Waals surface area (Å²) >= 11 is 0. The average molecular weight is 987 g/mol. The first-order valence-electron chi connectivity index (χ1n) is 23.3. The van der Waals surface area contributed by atoms with Crippen molar-refractivity contribution in [1.29, 1.82) is 0 Å². The number of aliphatic hydroxyl groups is 1. The van der Waals surface area contributed by atoms with Crippen molar-refractivity contribution in [2.75, 3.05) is 19.7 Å². The van der Waals surface area contributed by atoms with Crippen molar-refractivity contribution in [3.63, 3.8) is 0 Å². The monoisotopic (exact) mass is 986 g/mol. The molecule has 384 valence electrons. The molecule has 22 heteroatoms. The van der Waals surface area contributed by atoms with E-state index in [9.17, 15) is 53.7 Å². The van der Waals surface area contributed by atoms with Gasteiger partial charge in [-0.3, -0.25) is 38.4 Å². The zero-order valence-corrected chi connectivity index (χ0v) is 39.9. The number of carbonyl (C=O) groups is 8. The molecule has 0 aliphatic rings. The lowest BCUT2D eigenvalue weighted by molar-refractivity contribution is -0.138. The predicted molar refractivity (Wildman–Crippen MR) is 261 cm³/mol. The third kappa shape index (κ3) is 17.4. The van der Waals surface area contributed by atoms with Gasteiger partial charge in [0.25, 0.3) is 0 Å². The topological polar surface area (TPSA) is 370 Å². The molecule has 0 radical (unpaired) electrons. The van der Waals surface area contributed by atoms with Gasteiger partial charge in [0, 0.05) is 29.9 Å². The lowest BCUT2D eigenvalue weighted by Crippen LogP contribution is -2.61. The van der Waals surface area contributed by atoms with Crippen LogP contribution in [-0.2, 0) is 57.6 Å². The van der Waals surface area contributed by atoms with Gasteiger partial charge in [0.1, 0.15) is 54.3 Å². The maximum Gasteiger partial charge on any atom is 0.322 e. The van der Waals surface area contributed by atoms with Gasteiger partial charge in [-0.05, 0) is 92.1 Å². The van der Waals surface area contributed by atoms with Gasteiger partial charge in [0.15, 0.2) is 0 Å². The molecule has 0 fully saturated rings. The standard InChI is InChI=1S/C49H66N10O12/c1-4-27(2)42(59-45(67)37(11-7-8-20-50)55-44(66)35(51)23-31-24-52-36-10-6-5-9-34(31)36)49(71)57-39(22-30-14-18-33(62)19-15-30)47(69)58-40(26-60)48(70)56-38(21-29-12-16-32(61)17-13-29)46(68)54-28(3)43(65)53-25-41(63)64/h5-6,9-10,12-19,24,27-28,35,37-40,42,52,60-62H,4,7-8,11,20-23,25-26,50-51H2,1-3H3,(H,53,65)(H,54,68)(H,55,66)(H,56,70)(H,57,71)(H,58,69)(H,59,67)(H,63,64)/t27-,28-,35-,37-,38-,39-,40-,42-/m0/s1. The Morgan fingerprint density at radius 3 is 1.70 bits per heavy atom. The second-order valence-corrected chi connectivity index (χ2v) is 17.3. The highest BCUT2D eigenvalue weighted by molar-refractivity contribution is 5.98. The summed E-state index contributed by atoms with van der Waals surface area (Å²) in [4.78, 5) is 110. The van der Waals surface area contributed by atoms with Crippen LogP contribution in [-0.4, -0.2) is 135 Å². The van der Waals surface area contributed by atoms with Crippen LogP contribution in [0.4, 0.5) is 0 Å². The molecule has 8 atom stereocenters. The fourth-order valence-electron chi connectivity index (χ4n) is 7.48. The average Bonchev–Trinajstić information content (AvgIpc) is 3.76. The number of carboxylic acid groups (broad SMARTS) is 1. The Morgan fingerprint density at radius 2 is 1.14 bits per heavy atom. The zero-order valence-electron chi connectivity index (χ0n) is 39.9. The van der Waals surface area contributed by atoms with Gasteiger partial charge >= 0.3 is 5.97 Å². The number of benzene rings is 3. The van der Waals surface area contributed by atoms with Crippen molar-refractivity contribution in [2.45, 2.75) is 108 Å². The number of H-pyrrole nitrogens is 1. The SMILES string of the molecule is CC[C@H](C)[C@H](NC(=O)[C@H](CCCCN)NC(=O)[C@@H](N)Cc1c[nH]c2ccccc12)C(=O)N[C@@H](Cc1ccc(O)cc1)C(=O)N[C@@H](CO)C(=O)N[C@@H](Cc1ccc(O)cc1)C(=O)N[C@@H](C)C(=O)NCC(=O)O. The third-order valence-electron chi connectivity index (χ3n) is 11.8. The molecule has 0 saturated heterocycles. The summed E-state index contributed by atoms with van der Waals surface area (Å²) in [6.07, 6.45) is 3.06. The number of carbonyl (C=O) groups excluding carboxylic acids is 7. The van der Waals surface area contributed by atoms with E-state index in [0.29, 0.717) is 36.9 Å². The first kappa shape index (κ1) is 56.0. The van der Waals surface area contributed by atoms with Gasteiger partial charge in [-0.15, -0.1) is 0 Å². The minimum Gasteiger partial charge on any atom is -0.508 e. The second-order valence-electron chi connectivity index (χ2n) is 17.3. The summed E-state index contributed by atoms with van der Waals surface area (Å²) in [5, 5.41) is 57.7. The number of nitrogens with two attached hydrogens (primary N) is 2. The molecule has 0 aliphatic carbocycles. The van der Waals surface area contributed by atoms with Gasteiger partial charge in [-0.2, -0.15) is 0 Å². The number of aromatic hydroxyl groups is 2. The molecule has 1 aromatic heterocycles. The Hall–Kier alpha value is -7.56. The summed E-state index contributed by atoms with van der Waals surface area (Å²) in [7, 11) is 0. The zero-order chi connectivity index (χ0) is 52.2. The molecule has 0 saturated carbocycles. The molecule has 3 aromatic carbocycles. The molecule has 71 heavy (non-hydrogen) atoms. The van der Waals surface area contributed by atoms with Crippen LogP contribution in [0.15, 0.2) is 79.0 Å². The number of hydrogen-bond donors (Lipinski definition) is 14. The second kappa shape index (κ2) is 27.6. The molecule has 0 bridgehead atoms. The Morgan fingerprint density at radius 1 is 0.620 bits per heavy atom. The van der Waals surface area contributed by atoms with Gasteiger partial charge in [-0.25, -0.2) is 0 Å². The van der Waals surface area contributed by atoms with E-state index < -0.39 is 109 Å². The fourth-order valence-corrected chi connectivity index (χ4v) is 7.48. The van der Waals surface area contributed by atoms with Gasteiger partial charge in [0.05, 0.1) is 12.6 Å². The molecule has 1 heterocycles. The summed E-state index contributed by atoms with van der Waals surface area (Å²) in [6.45, 7) is 3.40. The van der Waals surface area contributed by atoms with Gasteiger partial charge in [-0.1, -0.05) is 62.7 Å². The number of phenols is 2. The number of unbranched alkanes of at least 4 members (excludes halogenated alkanes) is 1. The maximum atomic E-state index is 14.3. The molecule has 0 unspecified atom stereocenters. The number of aromatic nitrogens is 1. The van der Waals surface area contributed by atoms with Gasteiger partial charge in [0.2, 0.25) is 41.4 Å². The minimum atomic E-state index is -1.72. The highest BCUT2D eigenvalue weighted by atomic mass is 16.4. The quantitative estimate of drug-likeness (QED) is 0.0311. The maximum absolute atomic E-state index is 14.3. The van der Waals surface area contributed by atoms with Crippen molar-refractivity contribution in [1.82, 2.24) is 42.2 Å². The lowest BCUT2D eigenvalue weighted by atomic mass is 9.96. The van der Waals surface area contributed by atoms with Gasteiger partial charge < -0.3 is 74.1 Å². The van der Waals surface area contributed by atoms with Crippen molar-refractivity contribution in [2.24, 2.45) is 17.4 Å². The summed E-state index contributed by atoms with van der Waals surface area (Å²) < 4.78 is 0. The van der Waals surface area contributed by atoms with E-state index in [-0.39, 0.29) is 37.2 Å². The summed E-state index contributed by atoms with van der Waals surface area (Å²) in [5.41, 5.74) is 14.7. The van der Waals surface area contributed by atoms with Crippen LogP contribution >= 0.6 is 0 Å². The lowest BCUT2D eigenvalue weighted by Gasteiger charge is -2.29. The number of phenolic OH excluding ortho intramolecular Hbond substituents is 2. The van der Waals surface area contributed by atoms with E-state index in [0.717, 1.165) is 16.5 Å². The molecule has 0 aliphatic heterocycles. The fraction of sp³-hybridized carbons (Fsp3) is 0.429. The van der Waals surface area contributed by atoms with E-state index in [1.807, 2.05) is 24.3 Å². The number of nitrogens with one attached hydrogen (secondary N) is 8. The third-order valence-corrected chi connectivity index (χ3v) is 11.8. The smallest absolute Gasteiger partial charge is 0.322 e. The van der Waals surface area contributed by atoms with Crippen LogP contribution in [0.2, 0.25) is 0 Å². The molecular formula is C49H66N10O12. The largest absolute Gasteiger partial charge is 0.508 e. The number of carboxylic acids is 1. The highest BCUT2D eigenvalue weighted by Crippen LogP contribution is 2.20. The predicted octanol–water partition coefficient (Wildman–Crippen LogP) is -0.769. The minimum absolute atomic E-state index is 0.0800. The van der Waals surface area contributed by atoms with Crippen LogP contribution in [0, 0.1) is 5.92 Å². The highest BCUT2D eigenvalue weighted by Gasteiger charge is 2.35. The Kier molecular flexibility index (Phi) is 21.8. The van der Waals surface area contributed by atoms with E-state index in [1.165, 1.54) is 55.5 Å². The van der Waals surface area contributed by atoms with Crippen molar-refractivity contribution >= 4 is 58.2 Å². The van der Waals surface area contributed by atoms with Crippen molar-refractivity contribution < 1.29 is 58.8 Å². The number of fused-ring (bicyclic) bond motifs is 1. The van der Waals surface area contributed by atoms with Crippen LogP contribution in [0.1, 0.15) is 63.1 Å². The molecule has 4 aromatic rings. The first-order valence-corrected chi connectivity index (χ1v) is 23.3. The molecule has 4 rings (SSSR count). The Balaban J connectivity index is 1.54. The number of para-hydroxylation sites is 1.